The standard InChI is InChI=1S/C13H12ClNO4S/c1-2-20(18,19)11-10(13(11,7-15)12(16)17)8-4-3-5-9(14)6-8/h3-6,10-11H,2H2,1H3,(H,16,17). The van der Waals surface area contributed by atoms with Crippen molar-refractivity contribution in [1.29, 1.82) is 5.26 Å². The van der Waals surface area contributed by atoms with Crippen molar-refractivity contribution in [3.8, 4) is 6.07 Å². The average molecular weight is 314 g/mol. The highest BCUT2D eigenvalue weighted by atomic mass is 35.5. The maximum absolute atomic E-state index is 12.1. The van der Waals surface area contributed by atoms with E-state index in [9.17, 15) is 23.6 Å². The van der Waals surface area contributed by atoms with E-state index < -0.39 is 32.4 Å². The first-order chi connectivity index (χ1) is 9.31. The van der Waals surface area contributed by atoms with E-state index in [1.807, 2.05) is 0 Å². The molecule has 7 heteroatoms. The molecule has 0 bridgehead atoms. The zero-order valence-electron chi connectivity index (χ0n) is 10.6. The number of carbonyl (C=O) groups is 1. The quantitative estimate of drug-likeness (QED) is 0.915. The monoisotopic (exact) mass is 313 g/mol. The van der Waals surface area contributed by atoms with Crippen molar-refractivity contribution in [3.05, 3.63) is 34.9 Å². The summed E-state index contributed by atoms with van der Waals surface area (Å²) in [5.41, 5.74) is -1.46. The van der Waals surface area contributed by atoms with Crippen LogP contribution in [-0.2, 0) is 14.6 Å². The zero-order valence-corrected chi connectivity index (χ0v) is 12.1. The Balaban J connectivity index is 2.58. The van der Waals surface area contributed by atoms with Crippen molar-refractivity contribution in [3.63, 3.8) is 0 Å². The summed E-state index contributed by atoms with van der Waals surface area (Å²) in [5, 5.41) is 17.7. The summed E-state index contributed by atoms with van der Waals surface area (Å²) in [6.07, 6.45) is 0. The van der Waals surface area contributed by atoms with Crippen LogP contribution in [0.15, 0.2) is 24.3 Å². The number of carboxylic acids is 1. The molecule has 1 aliphatic rings. The number of carboxylic acid groups (broad SMARTS) is 1. The second-order valence-electron chi connectivity index (χ2n) is 4.69. The predicted molar refractivity (Wildman–Crippen MR) is 73.1 cm³/mol. The summed E-state index contributed by atoms with van der Waals surface area (Å²) in [6.45, 7) is 1.44. The first kappa shape index (κ1) is 14.8. The van der Waals surface area contributed by atoms with Crippen LogP contribution < -0.4 is 0 Å². The molecule has 1 N–H and O–H groups in total. The number of nitriles is 1. The molecule has 5 nitrogen and oxygen atoms in total. The van der Waals surface area contributed by atoms with Crippen LogP contribution in [0.5, 0.6) is 0 Å². The van der Waals surface area contributed by atoms with Crippen LogP contribution in [0, 0.1) is 16.7 Å². The molecule has 3 unspecified atom stereocenters. The Morgan fingerprint density at radius 3 is 2.65 bits per heavy atom. The van der Waals surface area contributed by atoms with Crippen molar-refractivity contribution in [1.82, 2.24) is 0 Å². The molecule has 1 fully saturated rings. The lowest BCUT2D eigenvalue weighted by molar-refractivity contribution is -0.141. The fourth-order valence-corrected chi connectivity index (χ4v) is 4.73. The number of aliphatic carboxylic acids is 1. The molecule has 3 atom stereocenters. The predicted octanol–water partition coefficient (Wildman–Crippen LogP) is 1.84. The molecular weight excluding hydrogens is 302 g/mol. The van der Waals surface area contributed by atoms with E-state index in [1.165, 1.54) is 13.0 Å². The summed E-state index contributed by atoms with van der Waals surface area (Å²) < 4.78 is 24.1. The maximum Gasteiger partial charge on any atom is 0.326 e. The Labute approximate surface area is 121 Å². The number of rotatable bonds is 4. The second kappa shape index (κ2) is 4.76. The minimum Gasteiger partial charge on any atom is -0.480 e. The molecule has 0 radical (unpaired) electrons. The summed E-state index contributed by atoms with van der Waals surface area (Å²) in [7, 11) is -3.65. The van der Waals surface area contributed by atoms with Crippen molar-refractivity contribution >= 4 is 27.4 Å². The van der Waals surface area contributed by atoms with Gasteiger partial charge in [-0.2, -0.15) is 5.26 Å². The van der Waals surface area contributed by atoms with Crippen molar-refractivity contribution < 1.29 is 18.3 Å². The van der Waals surface area contributed by atoms with Crippen LogP contribution in [0.25, 0.3) is 0 Å². The van der Waals surface area contributed by atoms with E-state index in [2.05, 4.69) is 0 Å². The van der Waals surface area contributed by atoms with Crippen LogP contribution in [0.3, 0.4) is 0 Å². The molecule has 0 saturated heterocycles. The van der Waals surface area contributed by atoms with Crippen LogP contribution in [0.2, 0.25) is 5.02 Å². The number of hydrogen-bond acceptors (Lipinski definition) is 4. The minimum atomic E-state index is -3.65. The van der Waals surface area contributed by atoms with E-state index in [4.69, 9.17) is 11.6 Å². The minimum absolute atomic E-state index is 0.203. The van der Waals surface area contributed by atoms with Gasteiger partial charge in [0.25, 0.3) is 0 Å². The number of halogens is 1. The molecule has 0 spiro atoms. The van der Waals surface area contributed by atoms with Crippen LogP contribution >= 0.6 is 11.6 Å². The molecular formula is C13H12ClNO4S. The van der Waals surface area contributed by atoms with Gasteiger partial charge in [-0.15, -0.1) is 0 Å². The highest BCUT2D eigenvalue weighted by molar-refractivity contribution is 7.92. The van der Waals surface area contributed by atoms with Crippen molar-refractivity contribution in [2.75, 3.05) is 5.75 Å². The molecule has 0 aromatic heterocycles. The first-order valence-corrected chi connectivity index (χ1v) is 8.02. The fraction of sp³-hybridized carbons (Fsp3) is 0.385. The lowest BCUT2D eigenvalue weighted by Gasteiger charge is -2.02. The summed E-state index contributed by atoms with van der Waals surface area (Å²) >= 11 is 5.85. The van der Waals surface area contributed by atoms with E-state index >= 15 is 0 Å². The largest absolute Gasteiger partial charge is 0.480 e. The third-order valence-corrected chi connectivity index (χ3v) is 6.13. The highest BCUT2D eigenvalue weighted by Gasteiger charge is 2.76. The van der Waals surface area contributed by atoms with Crippen LogP contribution in [0.4, 0.5) is 0 Å². The Kier molecular flexibility index (Phi) is 3.53. The molecule has 106 valence electrons. The Morgan fingerprint density at radius 1 is 1.55 bits per heavy atom. The van der Waals surface area contributed by atoms with E-state index in [0.717, 1.165) is 0 Å². The summed E-state index contributed by atoms with van der Waals surface area (Å²) in [4.78, 5) is 11.4. The van der Waals surface area contributed by atoms with E-state index in [-0.39, 0.29) is 5.75 Å². The van der Waals surface area contributed by atoms with Gasteiger partial charge < -0.3 is 5.11 Å². The number of nitrogens with zero attached hydrogens (tertiary/aromatic N) is 1. The molecule has 1 aliphatic carbocycles. The van der Waals surface area contributed by atoms with E-state index in [0.29, 0.717) is 10.6 Å². The lowest BCUT2D eigenvalue weighted by Crippen LogP contribution is -2.23. The van der Waals surface area contributed by atoms with Gasteiger partial charge in [-0.05, 0) is 17.7 Å². The molecule has 1 saturated carbocycles. The molecule has 20 heavy (non-hydrogen) atoms. The summed E-state index contributed by atoms with van der Waals surface area (Å²) in [5.74, 6) is -2.49. The van der Waals surface area contributed by atoms with Crippen LogP contribution in [0.1, 0.15) is 18.4 Å². The number of hydrogen-bond donors (Lipinski definition) is 1. The molecule has 0 amide bonds. The molecule has 1 aromatic carbocycles. The third-order valence-electron chi connectivity index (χ3n) is 3.67. The molecule has 0 aliphatic heterocycles. The molecule has 1 aromatic rings. The van der Waals surface area contributed by atoms with Crippen molar-refractivity contribution in [2.45, 2.75) is 18.1 Å². The topological polar surface area (TPSA) is 95.2 Å². The van der Waals surface area contributed by atoms with E-state index in [1.54, 1.807) is 24.3 Å². The SMILES string of the molecule is CCS(=O)(=O)C1C(c2cccc(Cl)c2)C1(C#N)C(=O)O. The van der Waals surface area contributed by atoms with Gasteiger partial charge in [0.05, 0.1) is 6.07 Å². The Hall–Kier alpha value is -1.58. The van der Waals surface area contributed by atoms with Crippen molar-refractivity contribution in [2.24, 2.45) is 5.41 Å². The smallest absolute Gasteiger partial charge is 0.326 e. The van der Waals surface area contributed by atoms with Gasteiger partial charge in [-0.3, -0.25) is 4.79 Å². The lowest BCUT2D eigenvalue weighted by atomic mass is 10.0. The number of benzene rings is 1. The van der Waals surface area contributed by atoms with Crippen LogP contribution in [-0.4, -0.2) is 30.5 Å². The van der Waals surface area contributed by atoms with Gasteiger partial charge in [0.15, 0.2) is 15.3 Å². The second-order valence-corrected chi connectivity index (χ2v) is 7.54. The molecule has 2 rings (SSSR count). The van der Waals surface area contributed by atoms with Gasteiger partial charge in [0.2, 0.25) is 0 Å². The highest BCUT2D eigenvalue weighted by Crippen LogP contribution is 2.63. The Morgan fingerprint density at radius 2 is 2.20 bits per heavy atom. The third kappa shape index (κ3) is 1.98. The summed E-state index contributed by atoms with van der Waals surface area (Å²) in [6, 6.07) is 8.00. The zero-order chi connectivity index (χ0) is 15.1. The van der Waals surface area contributed by atoms with Gasteiger partial charge in [-0.1, -0.05) is 30.7 Å². The molecule has 0 heterocycles. The number of sulfone groups is 1. The van der Waals surface area contributed by atoms with Gasteiger partial charge in [-0.25, -0.2) is 8.42 Å². The average Bonchev–Trinajstić information content (AvgIpc) is 3.10. The maximum atomic E-state index is 12.1. The Bertz CT molecular complexity index is 709. The fourth-order valence-electron chi connectivity index (χ4n) is 2.60. The van der Waals surface area contributed by atoms with Gasteiger partial charge in [0.1, 0.15) is 5.25 Å². The van der Waals surface area contributed by atoms with Gasteiger partial charge in [0, 0.05) is 16.7 Å². The normalized spacial score (nSPS) is 28.6. The first-order valence-electron chi connectivity index (χ1n) is 5.93. The van der Waals surface area contributed by atoms with Gasteiger partial charge >= 0.3 is 5.97 Å².